The maximum atomic E-state index is 12.6. The first-order valence-corrected chi connectivity index (χ1v) is 9.54. The lowest BCUT2D eigenvalue weighted by Gasteiger charge is -2.17. The summed E-state index contributed by atoms with van der Waals surface area (Å²) in [6.45, 7) is 2.34. The molecule has 2 N–H and O–H groups in total. The molecule has 3 rings (SSSR count). The van der Waals surface area contributed by atoms with Crippen LogP contribution in [0.3, 0.4) is 0 Å². The third kappa shape index (κ3) is 3.91. The molecule has 6 nitrogen and oxygen atoms in total. The van der Waals surface area contributed by atoms with Crippen molar-refractivity contribution in [3.8, 4) is 0 Å². The van der Waals surface area contributed by atoms with Gasteiger partial charge in [-0.3, -0.25) is 4.79 Å². The molecular weight excluding hydrogens is 314 g/mol. The normalized spacial score (nSPS) is 21.6. The van der Waals surface area contributed by atoms with Gasteiger partial charge in [0.05, 0.1) is 4.90 Å². The molecule has 2 fully saturated rings. The summed E-state index contributed by atoms with van der Waals surface area (Å²) in [4.78, 5) is 14.6. The molecule has 126 valence electrons. The Labute approximate surface area is 137 Å². The lowest BCUT2D eigenvalue weighted by Crippen LogP contribution is -2.31. The standard InChI is InChI=1S/C16H23N3O3S/c1-17-10-12-7-8-19(11-12)16(20)13-3-2-4-15(9-13)23(21,22)18-14-5-6-14/h2-4,9,12,14,17-18H,5-8,10-11H2,1H3. The Balaban J connectivity index is 1.73. The average molecular weight is 337 g/mol. The van der Waals surface area contributed by atoms with Gasteiger partial charge >= 0.3 is 0 Å². The summed E-state index contributed by atoms with van der Waals surface area (Å²) in [6, 6.07) is 6.40. The molecule has 7 heteroatoms. The van der Waals surface area contributed by atoms with Gasteiger partial charge in [-0.2, -0.15) is 0 Å². The fourth-order valence-electron chi connectivity index (χ4n) is 2.94. The van der Waals surface area contributed by atoms with Crippen molar-refractivity contribution in [2.45, 2.75) is 30.2 Å². The summed E-state index contributed by atoms with van der Waals surface area (Å²) in [5, 5.41) is 3.14. The van der Waals surface area contributed by atoms with Gasteiger partial charge in [-0.1, -0.05) is 6.07 Å². The van der Waals surface area contributed by atoms with Crippen molar-refractivity contribution in [3.05, 3.63) is 29.8 Å². The molecule has 1 saturated heterocycles. The van der Waals surface area contributed by atoms with E-state index in [0.29, 0.717) is 11.5 Å². The Hall–Kier alpha value is -1.44. The van der Waals surface area contributed by atoms with Crippen LogP contribution in [0.5, 0.6) is 0 Å². The number of rotatable bonds is 6. The fourth-order valence-corrected chi connectivity index (χ4v) is 4.29. The number of carbonyl (C=O) groups is 1. The predicted molar refractivity (Wildman–Crippen MR) is 87.7 cm³/mol. The molecule has 23 heavy (non-hydrogen) atoms. The number of hydrogen-bond donors (Lipinski definition) is 2. The number of amides is 1. The van der Waals surface area contributed by atoms with Crippen LogP contribution in [0.1, 0.15) is 29.6 Å². The Morgan fingerprint density at radius 2 is 2.09 bits per heavy atom. The average Bonchev–Trinajstić information content (AvgIpc) is 3.21. The maximum absolute atomic E-state index is 12.6. The van der Waals surface area contributed by atoms with Crippen molar-refractivity contribution in [1.82, 2.24) is 14.9 Å². The molecule has 1 heterocycles. The minimum absolute atomic E-state index is 0.0558. The molecule has 1 aliphatic carbocycles. The van der Waals surface area contributed by atoms with Gasteiger partial charge in [0, 0.05) is 24.7 Å². The second kappa shape index (κ2) is 6.59. The lowest BCUT2D eigenvalue weighted by atomic mass is 10.1. The molecule has 1 saturated carbocycles. The zero-order valence-corrected chi connectivity index (χ0v) is 14.1. The molecule has 1 aliphatic heterocycles. The van der Waals surface area contributed by atoms with Crippen molar-refractivity contribution >= 4 is 15.9 Å². The quantitative estimate of drug-likeness (QED) is 0.805. The van der Waals surface area contributed by atoms with E-state index in [4.69, 9.17) is 0 Å². The van der Waals surface area contributed by atoms with E-state index >= 15 is 0 Å². The molecule has 1 amide bonds. The zero-order chi connectivity index (χ0) is 16.4. The van der Waals surface area contributed by atoms with Crippen molar-refractivity contribution in [2.75, 3.05) is 26.7 Å². The van der Waals surface area contributed by atoms with Gasteiger partial charge in [0.2, 0.25) is 10.0 Å². The van der Waals surface area contributed by atoms with E-state index in [0.717, 1.165) is 38.9 Å². The summed E-state index contributed by atoms with van der Waals surface area (Å²) in [5.41, 5.74) is 0.439. The number of nitrogens with one attached hydrogen (secondary N) is 2. The van der Waals surface area contributed by atoms with Gasteiger partial charge in [0.1, 0.15) is 0 Å². The molecule has 1 atom stereocenters. The number of nitrogens with zero attached hydrogens (tertiary/aromatic N) is 1. The molecule has 1 unspecified atom stereocenters. The minimum atomic E-state index is -3.53. The van der Waals surface area contributed by atoms with Crippen molar-refractivity contribution in [1.29, 1.82) is 0 Å². The SMILES string of the molecule is CNCC1CCN(C(=O)c2cccc(S(=O)(=O)NC3CC3)c2)C1. The van der Waals surface area contributed by atoms with Crippen LogP contribution in [0.15, 0.2) is 29.2 Å². The van der Waals surface area contributed by atoms with E-state index in [-0.39, 0.29) is 16.8 Å². The second-order valence-corrected chi connectivity index (χ2v) is 8.10. The lowest BCUT2D eigenvalue weighted by molar-refractivity contribution is 0.0787. The van der Waals surface area contributed by atoms with Crippen molar-refractivity contribution in [2.24, 2.45) is 5.92 Å². The first kappa shape index (κ1) is 16.4. The van der Waals surface area contributed by atoms with Crippen LogP contribution in [-0.2, 0) is 10.0 Å². The van der Waals surface area contributed by atoms with E-state index in [1.807, 2.05) is 11.9 Å². The van der Waals surface area contributed by atoms with Crippen LogP contribution in [0.2, 0.25) is 0 Å². The second-order valence-electron chi connectivity index (χ2n) is 6.39. The summed E-state index contributed by atoms with van der Waals surface area (Å²) in [7, 11) is -1.62. The third-order valence-corrected chi connectivity index (χ3v) is 5.87. The number of benzene rings is 1. The highest BCUT2D eigenvalue weighted by Gasteiger charge is 2.30. The highest BCUT2D eigenvalue weighted by molar-refractivity contribution is 7.89. The van der Waals surface area contributed by atoms with Gasteiger partial charge < -0.3 is 10.2 Å². The van der Waals surface area contributed by atoms with Crippen LogP contribution >= 0.6 is 0 Å². The highest BCUT2D eigenvalue weighted by atomic mass is 32.2. The third-order valence-electron chi connectivity index (χ3n) is 4.36. The molecule has 0 spiro atoms. The first-order valence-electron chi connectivity index (χ1n) is 8.06. The summed E-state index contributed by atoms with van der Waals surface area (Å²) in [5.74, 6) is 0.375. The fraction of sp³-hybridized carbons (Fsp3) is 0.562. The maximum Gasteiger partial charge on any atom is 0.253 e. The first-order chi connectivity index (χ1) is 11.0. The van der Waals surface area contributed by atoms with E-state index in [2.05, 4.69) is 10.0 Å². The van der Waals surface area contributed by atoms with Gasteiger partial charge in [-0.15, -0.1) is 0 Å². The minimum Gasteiger partial charge on any atom is -0.338 e. The van der Waals surface area contributed by atoms with E-state index in [1.165, 1.54) is 12.1 Å². The van der Waals surface area contributed by atoms with Gasteiger partial charge in [0.25, 0.3) is 5.91 Å². The highest BCUT2D eigenvalue weighted by Crippen LogP contribution is 2.23. The molecule has 1 aromatic rings. The van der Waals surface area contributed by atoms with E-state index < -0.39 is 10.0 Å². The summed E-state index contributed by atoms with van der Waals surface area (Å²) >= 11 is 0. The molecule has 0 radical (unpaired) electrons. The Morgan fingerprint density at radius 1 is 1.30 bits per heavy atom. The van der Waals surface area contributed by atoms with Crippen LogP contribution in [-0.4, -0.2) is 51.9 Å². The summed E-state index contributed by atoms with van der Waals surface area (Å²) < 4.78 is 27.2. The molecule has 1 aromatic carbocycles. The van der Waals surface area contributed by atoms with Crippen LogP contribution < -0.4 is 10.0 Å². The summed E-state index contributed by atoms with van der Waals surface area (Å²) in [6.07, 6.45) is 2.75. The Kier molecular flexibility index (Phi) is 4.70. The Morgan fingerprint density at radius 3 is 2.78 bits per heavy atom. The number of hydrogen-bond acceptors (Lipinski definition) is 4. The van der Waals surface area contributed by atoms with Crippen LogP contribution in [0, 0.1) is 5.92 Å². The molecule has 0 aromatic heterocycles. The smallest absolute Gasteiger partial charge is 0.253 e. The van der Waals surface area contributed by atoms with Gasteiger partial charge in [0.15, 0.2) is 0 Å². The largest absolute Gasteiger partial charge is 0.338 e. The molecule has 2 aliphatic rings. The Bertz CT molecular complexity index is 686. The monoisotopic (exact) mass is 337 g/mol. The molecular formula is C16H23N3O3S. The van der Waals surface area contributed by atoms with Gasteiger partial charge in [-0.05, 0) is 57.0 Å². The van der Waals surface area contributed by atoms with Crippen LogP contribution in [0.25, 0.3) is 0 Å². The predicted octanol–water partition coefficient (Wildman–Crippen LogP) is 0.809. The van der Waals surface area contributed by atoms with Gasteiger partial charge in [-0.25, -0.2) is 13.1 Å². The van der Waals surface area contributed by atoms with Crippen molar-refractivity contribution in [3.63, 3.8) is 0 Å². The number of sulfonamides is 1. The van der Waals surface area contributed by atoms with Crippen molar-refractivity contribution < 1.29 is 13.2 Å². The van der Waals surface area contributed by atoms with E-state index in [1.54, 1.807) is 12.1 Å². The number of carbonyl (C=O) groups excluding carboxylic acids is 1. The van der Waals surface area contributed by atoms with E-state index in [9.17, 15) is 13.2 Å². The topological polar surface area (TPSA) is 78.5 Å². The molecule has 0 bridgehead atoms. The number of likely N-dealkylation sites (tertiary alicyclic amines) is 1. The zero-order valence-electron chi connectivity index (χ0n) is 13.3. The van der Waals surface area contributed by atoms with Crippen LogP contribution in [0.4, 0.5) is 0 Å².